The number of methoxy groups -OCH3 is 3. The van der Waals surface area contributed by atoms with Crippen molar-refractivity contribution in [2.45, 2.75) is 51.2 Å². The van der Waals surface area contributed by atoms with Gasteiger partial charge in [0, 0.05) is 17.4 Å². The van der Waals surface area contributed by atoms with E-state index in [9.17, 15) is 4.79 Å². The zero-order valence-electron chi connectivity index (χ0n) is 22.9. The van der Waals surface area contributed by atoms with E-state index in [1.807, 2.05) is 18.2 Å². The molecule has 2 heterocycles. The highest BCUT2D eigenvalue weighted by atomic mass is 28.4. The number of cyclic esters (lactones) is 1. The Labute approximate surface area is 219 Å². The number of fused-ring (bicyclic) bond motifs is 3. The lowest BCUT2D eigenvalue weighted by atomic mass is 9.67. The highest BCUT2D eigenvalue weighted by Crippen LogP contribution is 2.57. The Morgan fingerprint density at radius 2 is 1.59 bits per heavy atom. The summed E-state index contributed by atoms with van der Waals surface area (Å²) < 4.78 is 41.2. The molecule has 0 radical (unpaired) electrons. The van der Waals surface area contributed by atoms with Gasteiger partial charge < -0.3 is 32.8 Å². The predicted molar refractivity (Wildman–Crippen MR) is 140 cm³/mol. The third kappa shape index (κ3) is 4.07. The van der Waals surface area contributed by atoms with Crippen LogP contribution in [0.5, 0.6) is 34.5 Å². The molecule has 5 rings (SSSR count). The van der Waals surface area contributed by atoms with Crippen molar-refractivity contribution in [3.05, 3.63) is 34.9 Å². The number of hydrogen-bond acceptors (Lipinski definition) is 8. The maximum Gasteiger partial charge on any atom is 0.310 e. The van der Waals surface area contributed by atoms with Crippen LogP contribution in [0.4, 0.5) is 0 Å². The van der Waals surface area contributed by atoms with Crippen molar-refractivity contribution in [1.29, 1.82) is 0 Å². The summed E-state index contributed by atoms with van der Waals surface area (Å²) in [6, 6.07) is 5.84. The van der Waals surface area contributed by atoms with E-state index < -0.39 is 8.32 Å². The minimum Gasteiger partial charge on any atom is -0.541 e. The van der Waals surface area contributed by atoms with Gasteiger partial charge in [-0.15, -0.1) is 0 Å². The van der Waals surface area contributed by atoms with Crippen LogP contribution >= 0.6 is 0 Å². The summed E-state index contributed by atoms with van der Waals surface area (Å²) in [7, 11) is 2.52. The Bertz CT molecular complexity index is 1210. The van der Waals surface area contributed by atoms with Crippen LogP contribution in [0.15, 0.2) is 18.2 Å². The monoisotopic (exact) mass is 528 g/mol. The van der Waals surface area contributed by atoms with Crippen molar-refractivity contribution in [3.8, 4) is 34.5 Å². The Kier molecular flexibility index (Phi) is 6.25. The van der Waals surface area contributed by atoms with E-state index in [0.717, 1.165) is 22.4 Å². The molecule has 0 saturated carbocycles. The lowest BCUT2D eigenvalue weighted by molar-refractivity contribution is -0.141. The van der Waals surface area contributed by atoms with Crippen molar-refractivity contribution < 1.29 is 37.6 Å². The molecule has 3 atom stereocenters. The average Bonchev–Trinajstić information content (AvgIpc) is 3.47. The Morgan fingerprint density at radius 1 is 0.919 bits per heavy atom. The van der Waals surface area contributed by atoms with Gasteiger partial charge in [0.1, 0.15) is 0 Å². The lowest BCUT2D eigenvalue weighted by Crippen LogP contribution is -2.44. The van der Waals surface area contributed by atoms with Crippen molar-refractivity contribution in [2.24, 2.45) is 11.8 Å². The van der Waals surface area contributed by atoms with E-state index in [4.69, 9.17) is 32.8 Å². The molecular formula is C28H36O8Si. The summed E-state index contributed by atoms with van der Waals surface area (Å²) in [6.07, 6.45) is 0.660. The number of esters is 1. The molecule has 37 heavy (non-hydrogen) atoms. The zero-order valence-corrected chi connectivity index (χ0v) is 23.9. The number of benzene rings is 2. The molecule has 8 nitrogen and oxygen atoms in total. The molecule has 1 aliphatic carbocycles. The third-order valence-electron chi connectivity index (χ3n) is 8.35. The standard InChI is InChI=1S/C28H36O8Si/c1-28(2,3)37(7,8)36-24-18-9-16-13-33-27(29)23(16)22(17(18)12-21-26(24)35-14-34-21)15-10-19(30-4)25(32-6)20(11-15)31-5/h10-12,16,22-23H,9,13-14H2,1-8H3/t16-,22+,23-/m0/s1. The topological polar surface area (TPSA) is 81.7 Å². The van der Waals surface area contributed by atoms with Crippen LogP contribution in [-0.4, -0.2) is 49.0 Å². The van der Waals surface area contributed by atoms with Gasteiger partial charge >= 0.3 is 5.97 Å². The summed E-state index contributed by atoms with van der Waals surface area (Å²) in [5.74, 6) is 2.74. The first kappa shape index (κ1) is 25.6. The summed E-state index contributed by atoms with van der Waals surface area (Å²) in [5.41, 5.74) is 2.90. The Morgan fingerprint density at radius 3 is 2.19 bits per heavy atom. The maximum atomic E-state index is 13.1. The fraction of sp³-hybridized carbons (Fsp3) is 0.536. The van der Waals surface area contributed by atoms with E-state index in [2.05, 4.69) is 33.9 Å². The van der Waals surface area contributed by atoms with E-state index >= 15 is 0 Å². The molecule has 1 saturated heterocycles. The third-order valence-corrected chi connectivity index (χ3v) is 12.7. The molecule has 0 unspecified atom stereocenters. The number of carbonyl (C=O) groups is 1. The largest absolute Gasteiger partial charge is 0.541 e. The van der Waals surface area contributed by atoms with E-state index in [1.165, 1.54) is 0 Å². The molecule has 200 valence electrons. The minimum atomic E-state index is -2.23. The van der Waals surface area contributed by atoms with Crippen LogP contribution in [0, 0.1) is 11.8 Å². The molecule has 0 N–H and O–H groups in total. The highest BCUT2D eigenvalue weighted by Gasteiger charge is 2.50. The van der Waals surface area contributed by atoms with Crippen molar-refractivity contribution in [2.75, 3.05) is 34.7 Å². The quantitative estimate of drug-likeness (QED) is 0.369. The summed E-state index contributed by atoms with van der Waals surface area (Å²) in [5, 5.41) is -0.0121. The molecule has 2 aliphatic heterocycles. The number of hydrogen-bond donors (Lipinski definition) is 0. The predicted octanol–water partition coefficient (Wildman–Crippen LogP) is 5.30. The Balaban J connectivity index is 1.75. The number of carbonyl (C=O) groups excluding carboxylic acids is 1. The fourth-order valence-corrected chi connectivity index (χ4v) is 6.41. The van der Waals surface area contributed by atoms with Crippen LogP contribution in [0.2, 0.25) is 18.1 Å². The van der Waals surface area contributed by atoms with Crippen molar-refractivity contribution in [3.63, 3.8) is 0 Å². The first-order valence-corrected chi connectivity index (χ1v) is 15.5. The van der Waals surface area contributed by atoms with Crippen LogP contribution in [-0.2, 0) is 16.0 Å². The van der Waals surface area contributed by atoms with Gasteiger partial charge in [0.25, 0.3) is 8.32 Å². The van der Waals surface area contributed by atoms with Gasteiger partial charge in [0.15, 0.2) is 23.0 Å². The normalized spacial score (nSPS) is 22.2. The van der Waals surface area contributed by atoms with Crippen molar-refractivity contribution >= 4 is 14.3 Å². The van der Waals surface area contributed by atoms with Crippen LogP contribution in [0.3, 0.4) is 0 Å². The molecule has 0 spiro atoms. The number of rotatable bonds is 6. The first-order chi connectivity index (χ1) is 17.5. The Hall–Kier alpha value is -3.07. The second kappa shape index (κ2) is 9.04. The van der Waals surface area contributed by atoms with Gasteiger partial charge in [-0.2, -0.15) is 0 Å². The molecule has 9 heteroatoms. The summed E-state index contributed by atoms with van der Waals surface area (Å²) in [4.78, 5) is 13.1. The van der Waals surface area contributed by atoms with E-state index in [1.54, 1.807) is 21.3 Å². The molecular weight excluding hydrogens is 492 g/mol. The lowest BCUT2D eigenvalue weighted by Gasteiger charge is -2.40. The maximum absolute atomic E-state index is 13.1. The average molecular weight is 529 g/mol. The van der Waals surface area contributed by atoms with Gasteiger partial charge in [0.2, 0.25) is 18.3 Å². The summed E-state index contributed by atoms with van der Waals surface area (Å²) >= 11 is 0. The smallest absolute Gasteiger partial charge is 0.310 e. The molecule has 1 fully saturated rings. The minimum absolute atomic E-state index is 0.00577. The van der Waals surface area contributed by atoms with Gasteiger partial charge in [-0.3, -0.25) is 4.79 Å². The summed E-state index contributed by atoms with van der Waals surface area (Å²) in [6.45, 7) is 11.6. The molecule has 0 bridgehead atoms. The molecule has 3 aliphatic rings. The van der Waals surface area contributed by atoms with E-state index in [0.29, 0.717) is 41.8 Å². The van der Waals surface area contributed by atoms with Gasteiger partial charge in [-0.1, -0.05) is 20.8 Å². The van der Waals surface area contributed by atoms with Crippen LogP contribution in [0.25, 0.3) is 0 Å². The fourth-order valence-electron chi connectivity index (χ4n) is 5.37. The molecule has 2 aromatic carbocycles. The molecule has 2 aromatic rings. The second-order valence-electron chi connectivity index (χ2n) is 11.4. The second-order valence-corrected chi connectivity index (χ2v) is 16.2. The zero-order chi connectivity index (χ0) is 26.7. The van der Waals surface area contributed by atoms with Crippen LogP contribution in [0.1, 0.15) is 43.4 Å². The molecule has 0 amide bonds. The highest BCUT2D eigenvalue weighted by molar-refractivity contribution is 6.74. The molecule has 0 aromatic heterocycles. The first-order valence-electron chi connectivity index (χ1n) is 12.6. The SMILES string of the molecule is COc1cc([C@@H]2c3cc4c(c(O[Si](C)(C)C(C)(C)C)c3C[C@H]3COC(=O)[C@@H]32)OCO4)cc(OC)c1OC. The number of ether oxygens (including phenoxy) is 6. The van der Waals surface area contributed by atoms with Gasteiger partial charge in [-0.25, -0.2) is 0 Å². The van der Waals surface area contributed by atoms with Gasteiger partial charge in [-0.05, 0) is 53.9 Å². The van der Waals surface area contributed by atoms with Crippen molar-refractivity contribution in [1.82, 2.24) is 0 Å². The van der Waals surface area contributed by atoms with E-state index in [-0.39, 0.29) is 35.6 Å². The van der Waals surface area contributed by atoms with Gasteiger partial charge in [0.05, 0.1) is 33.9 Å². The van der Waals surface area contributed by atoms with Crippen LogP contribution < -0.4 is 28.1 Å².